The van der Waals surface area contributed by atoms with Crippen molar-refractivity contribution in [3.05, 3.63) is 35.4 Å². The Morgan fingerprint density at radius 1 is 1.41 bits per heavy atom. The van der Waals surface area contributed by atoms with Gasteiger partial charge in [-0.1, -0.05) is 31.5 Å². The summed E-state index contributed by atoms with van der Waals surface area (Å²) in [5.41, 5.74) is 1.70. The summed E-state index contributed by atoms with van der Waals surface area (Å²) >= 11 is 0. The Hall–Kier alpha value is -1.35. The quantitative estimate of drug-likeness (QED) is 0.821. The third kappa shape index (κ3) is 5.00. The first-order valence-corrected chi connectivity index (χ1v) is 6.02. The van der Waals surface area contributed by atoms with Gasteiger partial charge >= 0.3 is 0 Å². The van der Waals surface area contributed by atoms with E-state index in [1.165, 1.54) is 0 Å². The van der Waals surface area contributed by atoms with Gasteiger partial charge in [0.1, 0.15) is 0 Å². The molecule has 0 bridgehead atoms. The molecule has 3 heteroatoms. The Bertz CT molecular complexity index is 374. The van der Waals surface area contributed by atoms with Gasteiger partial charge < -0.3 is 10.4 Å². The van der Waals surface area contributed by atoms with Gasteiger partial charge in [-0.05, 0) is 31.4 Å². The maximum atomic E-state index is 11.8. The van der Waals surface area contributed by atoms with Crippen molar-refractivity contribution in [3.8, 4) is 0 Å². The zero-order valence-electron chi connectivity index (χ0n) is 10.7. The van der Waals surface area contributed by atoms with Crippen molar-refractivity contribution < 1.29 is 9.90 Å². The van der Waals surface area contributed by atoms with Gasteiger partial charge in [-0.2, -0.15) is 0 Å². The van der Waals surface area contributed by atoms with Gasteiger partial charge in [-0.3, -0.25) is 4.79 Å². The molecule has 0 aliphatic heterocycles. The molecule has 1 aromatic carbocycles. The van der Waals surface area contributed by atoms with Crippen molar-refractivity contribution >= 4 is 5.91 Å². The first-order chi connectivity index (χ1) is 7.99. The van der Waals surface area contributed by atoms with Crippen molar-refractivity contribution in [1.82, 2.24) is 5.32 Å². The summed E-state index contributed by atoms with van der Waals surface area (Å²) in [6, 6.07) is 7.42. The van der Waals surface area contributed by atoms with Crippen LogP contribution in [-0.2, 0) is 0 Å². The maximum Gasteiger partial charge on any atom is 0.251 e. The molecule has 0 aliphatic rings. The molecule has 0 saturated carbocycles. The van der Waals surface area contributed by atoms with Crippen molar-refractivity contribution in [1.29, 1.82) is 0 Å². The SMILES string of the molecule is Cc1cccc(C(=O)NCC(O)CC(C)C)c1. The van der Waals surface area contributed by atoms with Gasteiger partial charge in [0.25, 0.3) is 5.91 Å². The van der Waals surface area contributed by atoms with Crippen LogP contribution in [0.25, 0.3) is 0 Å². The number of rotatable bonds is 5. The highest BCUT2D eigenvalue weighted by molar-refractivity contribution is 5.94. The third-order valence-corrected chi connectivity index (χ3v) is 2.52. The molecule has 1 aromatic rings. The summed E-state index contributed by atoms with van der Waals surface area (Å²) in [4.78, 5) is 11.8. The summed E-state index contributed by atoms with van der Waals surface area (Å²) in [5.74, 6) is 0.303. The van der Waals surface area contributed by atoms with Crippen molar-refractivity contribution in [2.75, 3.05) is 6.54 Å². The Morgan fingerprint density at radius 3 is 2.71 bits per heavy atom. The molecule has 0 aliphatic carbocycles. The highest BCUT2D eigenvalue weighted by Crippen LogP contribution is 2.05. The van der Waals surface area contributed by atoms with Crippen LogP contribution < -0.4 is 5.32 Å². The van der Waals surface area contributed by atoms with Gasteiger partial charge in [0, 0.05) is 12.1 Å². The number of carbonyl (C=O) groups excluding carboxylic acids is 1. The standard InChI is InChI=1S/C14H21NO2/c1-10(2)7-13(16)9-15-14(17)12-6-4-5-11(3)8-12/h4-6,8,10,13,16H,7,9H2,1-3H3,(H,15,17). The van der Waals surface area contributed by atoms with Gasteiger partial charge in [0.05, 0.1) is 6.10 Å². The minimum atomic E-state index is -0.469. The van der Waals surface area contributed by atoms with Crippen LogP contribution in [0, 0.1) is 12.8 Å². The molecule has 94 valence electrons. The smallest absolute Gasteiger partial charge is 0.251 e. The molecule has 3 nitrogen and oxygen atoms in total. The third-order valence-electron chi connectivity index (χ3n) is 2.52. The highest BCUT2D eigenvalue weighted by atomic mass is 16.3. The Labute approximate surface area is 103 Å². The lowest BCUT2D eigenvalue weighted by Crippen LogP contribution is -2.32. The molecule has 1 rings (SSSR count). The normalized spacial score (nSPS) is 12.5. The van der Waals surface area contributed by atoms with Gasteiger partial charge in [-0.15, -0.1) is 0 Å². The number of amides is 1. The number of nitrogens with one attached hydrogen (secondary N) is 1. The average molecular weight is 235 g/mol. The van der Waals surface area contributed by atoms with E-state index < -0.39 is 6.10 Å². The molecule has 17 heavy (non-hydrogen) atoms. The van der Waals surface area contributed by atoms with Crippen LogP contribution in [0.3, 0.4) is 0 Å². The molecule has 0 fully saturated rings. The fraction of sp³-hybridized carbons (Fsp3) is 0.500. The van der Waals surface area contributed by atoms with E-state index in [2.05, 4.69) is 5.32 Å². The number of aliphatic hydroxyl groups excluding tert-OH is 1. The molecule has 0 radical (unpaired) electrons. The zero-order chi connectivity index (χ0) is 12.8. The monoisotopic (exact) mass is 235 g/mol. The number of carbonyl (C=O) groups is 1. The summed E-state index contributed by atoms with van der Waals surface area (Å²) < 4.78 is 0. The van der Waals surface area contributed by atoms with E-state index in [1.54, 1.807) is 6.07 Å². The number of aliphatic hydroxyl groups is 1. The van der Waals surface area contributed by atoms with Crippen molar-refractivity contribution in [2.24, 2.45) is 5.92 Å². The molecule has 0 saturated heterocycles. The van der Waals surface area contributed by atoms with Gasteiger partial charge in [0.2, 0.25) is 0 Å². The largest absolute Gasteiger partial charge is 0.391 e. The Morgan fingerprint density at radius 2 is 2.12 bits per heavy atom. The van der Waals surface area contributed by atoms with Crippen LogP contribution >= 0.6 is 0 Å². The summed E-state index contributed by atoms with van der Waals surface area (Å²) in [6.07, 6.45) is 0.234. The van der Waals surface area contributed by atoms with E-state index in [4.69, 9.17) is 0 Å². The molecule has 1 atom stereocenters. The number of aryl methyl sites for hydroxylation is 1. The minimum absolute atomic E-state index is 0.128. The van der Waals surface area contributed by atoms with Gasteiger partial charge in [-0.25, -0.2) is 0 Å². The Balaban J connectivity index is 2.45. The van der Waals surface area contributed by atoms with Crippen LogP contribution in [0.4, 0.5) is 0 Å². The maximum absolute atomic E-state index is 11.8. The van der Waals surface area contributed by atoms with Crippen LogP contribution in [0.15, 0.2) is 24.3 Å². The second-order valence-corrected chi connectivity index (χ2v) is 4.86. The van der Waals surface area contributed by atoms with Crippen LogP contribution in [0.1, 0.15) is 36.2 Å². The molecule has 2 N–H and O–H groups in total. The lowest BCUT2D eigenvalue weighted by molar-refractivity contribution is 0.0900. The lowest BCUT2D eigenvalue weighted by atomic mass is 10.1. The second kappa shape index (κ2) is 6.40. The number of hydrogen-bond acceptors (Lipinski definition) is 2. The van der Waals surface area contributed by atoms with E-state index in [1.807, 2.05) is 39.0 Å². The molecule has 0 aromatic heterocycles. The van der Waals surface area contributed by atoms with Crippen molar-refractivity contribution in [2.45, 2.75) is 33.3 Å². The van der Waals surface area contributed by atoms with E-state index in [-0.39, 0.29) is 5.91 Å². The van der Waals surface area contributed by atoms with Crippen LogP contribution in [0.2, 0.25) is 0 Å². The molecular formula is C14H21NO2. The molecule has 1 amide bonds. The van der Waals surface area contributed by atoms with E-state index in [0.29, 0.717) is 24.4 Å². The fourth-order valence-electron chi connectivity index (χ4n) is 1.73. The Kier molecular flexibility index (Phi) is 5.16. The zero-order valence-corrected chi connectivity index (χ0v) is 10.7. The average Bonchev–Trinajstić information content (AvgIpc) is 2.25. The van der Waals surface area contributed by atoms with E-state index >= 15 is 0 Å². The highest BCUT2D eigenvalue weighted by Gasteiger charge is 2.10. The van der Waals surface area contributed by atoms with Crippen LogP contribution in [-0.4, -0.2) is 23.7 Å². The van der Waals surface area contributed by atoms with Crippen molar-refractivity contribution in [3.63, 3.8) is 0 Å². The fourth-order valence-corrected chi connectivity index (χ4v) is 1.73. The van der Waals surface area contributed by atoms with E-state index in [0.717, 1.165) is 5.56 Å². The predicted octanol–water partition coefficient (Wildman–Crippen LogP) is 2.13. The second-order valence-electron chi connectivity index (χ2n) is 4.86. The number of hydrogen-bond donors (Lipinski definition) is 2. The lowest BCUT2D eigenvalue weighted by Gasteiger charge is -2.13. The topological polar surface area (TPSA) is 49.3 Å². The predicted molar refractivity (Wildman–Crippen MR) is 69.0 cm³/mol. The molecule has 1 unspecified atom stereocenters. The number of benzene rings is 1. The summed E-state index contributed by atoms with van der Waals surface area (Å²) in [6.45, 7) is 6.35. The van der Waals surface area contributed by atoms with E-state index in [9.17, 15) is 9.90 Å². The molecular weight excluding hydrogens is 214 g/mol. The van der Waals surface area contributed by atoms with Crippen LogP contribution in [0.5, 0.6) is 0 Å². The van der Waals surface area contributed by atoms with Gasteiger partial charge in [0.15, 0.2) is 0 Å². The molecule has 0 spiro atoms. The first kappa shape index (κ1) is 13.7. The summed E-state index contributed by atoms with van der Waals surface area (Å²) in [5, 5.41) is 12.4. The molecule has 0 heterocycles. The first-order valence-electron chi connectivity index (χ1n) is 6.02. The summed E-state index contributed by atoms with van der Waals surface area (Å²) in [7, 11) is 0. The minimum Gasteiger partial charge on any atom is -0.391 e.